The summed E-state index contributed by atoms with van der Waals surface area (Å²) in [4.78, 5) is 12.4. The lowest BCUT2D eigenvalue weighted by Gasteiger charge is -2.12. The summed E-state index contributed by atoms with van der Waals surface area (Å²) in [6.45, 7) is 3.85. The fourth-order valence-corrected chi connectivity index (χ4v) is 2.44. The van der Waals surface area contributed by atoms with E-state index in [1.54, 1.807) is 34.7 Å². The van der Waals surface area contributed by atoms with Gasteiger partial charge in [0.25, 0.3) is 0 Å². The number of benzene rings is 1. The highest BCUT2D eigenvalue weighted by Crippen LogP contribution is 2.24. The van der Waals surface area contributed by atoms with Gasteiger partial charge in [-0.25, -0.2) is 0 Å². The van der Waals surface area contributed by atoms with Crippen LogP contribution in [0.5, 0.6) is 0 Å². The highest BCUT2D eigenvalue weighted by molar-refractivity contribution is 5.93. The van der Waals surface area contributed by atoms with Gasteiger partial charge in [0.05, 0.1) is 5.69 Å². The minimum Gasteiger partial charge on any atom is -0.309 e. The van der Waals surface area contributed by atoms with Crippen LogP contribution in [0.25, 0.3) is 11.3 Å². The van der Waals surface area contributed by atoms with Crippen molar-refractivity contribution < 1.29 is 4.79 Å². The smallest absolute Gasteiger partial charge is 0.250 e. The van der Waals surface area contributed by atoms with Gasteiger partial charge in [0.1, 0.15) is 11.9 Å². The normalized spacial score (nSPS) is 12.1. The molecule has 0 saturated carbocycles. The summed E-state index contributed by atoms with van der Waals surface area (Å²) < 4.78 is 3.30. The van der Waals surface area contributed by atoms with E-state index in [1.165, 1.54) is 0 Å². The average Bonchev–Trinajstić information content (AvgIpc) is 3.18. The van der Waals surface area contributed by atoms with E-state index in [9.17, 15) is 4.79 Å². The molecular formula is C17H19N5O. The molecule has 2 heterocycles. The Balaban J connectivity index is 1.82. The van der Waals surface area contributed by atoms with Crippen molar-refractivity contribution in [1.82, 2.24) is 19.6 Å². The van der Waals surface area contributed by atoms with Crippen LogP contribution in [0.1, 0.15) is 18.5 Å². The molecule has 0 radical (unpaired) electrons. The Labute approximate surface area is 134 Å². The number of anilines is 1. The molecule has 0 unspecified atom stereocenters. The summed E-state index contributed by atoms with van der Waals surface area (Å²) in [6, 6.07) is 11.3. The number of hydrogen-bond donors (Lipinski definition) is 1. The zero-order valence-corrected chi connectivity index (χ0v) is 13.4. The van der Waals surface area contributed by atoms with Crippen molar-refractivity contribution in [3.63, 3.8) is 0 Å². The molecule has 0 bridgehead atoms. The second kappa shape index (κ2) is 6.08. The minimum absolute atomic E-state index is 0.131. The number of nitrogens with zero attached hydrogens (tertiary/aromatic N) is 4. The van der Waals surface area contributed by atoms with Crippen molar-refractivity contribution in [2.24, 2.45) is 7.05 Å². The van der Waals surface area contributed by atoms with Crippen LogP contribution in [0.3, 0.4) is 0 Å². The molecule has 6 heteroatoms. The standard InChI is InChI=1S/C17H19N5O/c1-12-7-4-5-8-14(12)15-11-16(21(3)20-15)19-17(23)13(2)22-10-6-9-18-22/h4-11,13H,1-3H3,(H,19,23)/t13-/m1/s1. The number of rotatable bonds is 4. The van der Waals surface area contributed by atoms with Gasteiger partial charge in [-0.3, -0.25) is 14.2 Å². The maximum Gasteiger partial charge on any atom is 0.250 e. The van der Waals surface area contributed by atoms with Crippen LogP contribution in [0, 0.1) is 6.92 Å². The predicted octanol–water partition coefficient (Wildman–Crippen LogP) is 2.79. The summed E-state index contributed by atoms with van der Waals surface area (Å²) in [5.74, 6) is 0.528. The fraction of sp³-hybridized carbons (Fsp3) is 0.235. The molecule has 1 aromatic carbocycles. The first-order valence-electron chi connectivity index (χ1n) is 7.46. The van der Waals surface area contributed by atoms with E-state index in [1.807, 2.05) is 44.3 Å². The molecule has 1 N–H and O–H groups in total. The monoisotopic (exact) mass is 309 g/mol. The summed E-state index contributed by atoms with van der Waals surface area (Å²) in [6.07, 6.45) is 3.43. The Kier molecular flexibility index (Phi) is 3.97. The lowest BCUT2D eigenvalue weighted by atomic mass is 10.1. The molecule has 1 amide bonds. The number of amides is 1. The van der Waals surface area contributed by atoms with E-state index in [4.69, 9.17) is 0 Å². The number of carbonyl (C=O) groups excluding carboxylic acids is 1. The Bertz CT molecular complexity index is 819. The Hall–Kier alpha value is -2.89. The van der Waals surface area contributed by atoms with Crippen molar-refractivity contribution in [1.29, 1.82) is 0 Å². The quantitative estimate of drug-likeness (QED) is 0.806. The van der Waals surface area contributed by atoms with Crippen molar-refractivity contribution in [2.75, 3.05) is 5.32 Å². The minimum atomic E-state index is -0.387. The van der Waals surface area contributed by atoms with Crippen LogP contribution < -0.4 is 5.32 Å². The van der Waals surface area contributed by atoms with Gasteiger partial charge in [-0.05, 0) is 25.5 Å². The van der Waals surface area contributed by atoms with Crippen LogP contribution in [-0.4, -0.2) is 25.5 Å². The van der Waals surface area contributed by atoms with Gasteiger partial charge >= 0.3 is 0 Å². The topological polar surface area (TPSA) is 64.7 Å². The Morgan fingerprint density at radius 1 is 1.26 bits per heavy atom. The van der Waals surface area contributed by atoms with Crippen molar-refractivity contribution in [3.8, 4) is 11.3 Å². The number of carbonyl (C=O) groups is 1. The first-order chi connectivity index (χ1) is 11.1. The third-order valence-electron chi connectivity index (χ3n) is 3.85. The van der Waals surface area contributed by atoms with Crippen molar-refractivity contribution in [2.45, 2.75) is 19.9 Å². The molecule has 0 aliphatic carbocycles. The molecule has 3 aromatic rings. The number of nitrogens with one attached hydrogen (secondary N) is 1. The second-order valence-corrected chi connectivity index (χ2v) is 5.50. The summed E-state index contributed by atoms with van der Waals surface area (Å²) in [7, 11) is 1.82. The van der Waals surface area contributed by atoms with E-state index in [-0.39, 0.29) is 11.9 Å². The first kappa shape index (κ1) is 15.0. The van der Waals surface area contributed by atoms with Gasteiger partial charge in [0, 0.05) is 31.1 Å². The molecule has 3 rings (SSSR count). The van der Waals surface area contributed by atoms with Crippen molar-refractivity contribution >= 4 is 11.7 Å². The summed E-state index contributed by atoms with van der Waals surface area (Å²) in [5.41, 5.74) is 3.05. The third-order valence-corrected chi connectivity index (χ3v) is 3.85. The molecule has 118 valence electrons. The number of hydrogen-bond acceptors (Lipinski definition) is 3. The Morgan fingerprint density at radius 2 is 2.04 bits per heavy atom. The van der Waals surface area contributed by atoms with Gasteiger partial charge < -0.3 is 5.32 Å². The molecular weight excluding hydrogens is 290 g/mol. The van der Waals surface area contributed by atoms with E-state index < -0.39 is 0 Å². The molecule has 0 fully saturated rings. The van der Waals surface area contributed by atoms with Crippen LogP contribution in [0.15, 0.2) is 48.8 Å². The molecule has 6 nitrogen and oxygen atoms in total. The van der Waals surface area contributed by atoms with Crippen LogP contribution >= 0.6 is 0 Å². The molecule has 0 spiro atoms. The SMILES string of the molecule is Cc1ccccc1-c1cc(NC(=O)[C@@H](C)n2cccn2)n(C)n1. The van der Waals surface area contributed by atoms with E-state index >= 15 is 0 Å². The molecule has 1 atom stereocenters. The van der Waals surface area contributed by atoms with Gasteiger partial charge in [-0.1, -0.05) is 24.3 Å². The van der Waals surface area contributed by atoms with Gasteiger partial charge in [-0.15, -0.1) is 0 Å². The Morgan fingerprint density at radius 3 is 2.74 bits per heavy atom. The largest absolute Gasteiger partial charge is 0.309 e. The average molecular weight is 309 g/mol. The molecule has 0 aliphatic rings. The van der Waals surface area contributed by atoms with Crippen LogP contribution in [0.4, 0.5) is 5.82 Å². The first-order valence-corrected chi connectivity index (χ1v) is 7.46. The molecule has 23 heavy (non-hydrogen) atoms. The van der Waals surface area contributed by atoms with Crippen molar-refractivity contribution in [3.05, 3.63) is 54.4 Å². The van der Waals surface area contributed by atoms with Crippen LogP contribution in [0.2, 0.25) is 0 Å². The van der Waals surface area contributed by atoms with Gasteiger partial charge in [-0.2, -0.15) is 10.2 Å². The maximum atomic E-state index is 12.4. The van der Waals surface area contributed by atoms with Gasteiger partial charge in [0.15, 0.2) is 0 Å². The zero-order chi connectivity index (χ0) is 16.4. The van der Waals surface area contributed by atoms with Crippen LogP contribution in [-0.2, 0) is 11.8 Å². The highest BCUT2D eigenvalue weighted by atomic mass is 16.2. The van der Waals surface area contributed by atoms with E-state index in [0.29, 0.717) is 5.82 Å². The molecule has 0 aliphatic heterocycles. The summed E-state index contributed by atoms with van der Waals surface area (Å²) in [5, 5.41) is 11.5. The lowest BCUT2D eigenvalue weighted by molar-refractivity contribution is -0.119. The van der Waals surface area contributed by atoms with Gasteiger partial charge in [0.2, 0.25) is 5.91 Å². The maximum absolute atomic E-state index is 12.4. The highest BCUT2D eigenvalue weighted by Gasteiger charge is 2.17. The lowest BCUT2D eigenvalue weighted by Crippen LogP contribution is -2.25. The molecule has 2 aromatic heterocycles. The third kappa shape index (κ3) is 3.01. The fourth-order valence-electron chi connectivity index (χ4n) is 2.44. The number of aromatic nitrogens is 4. The van der Waals surface area contributed by atoms with E-state index in [0.717, 1.165) is 16.8 Å². The summed E-state index contributed by atoms with van der Waals surface area (Å²) >= 11 is 0. The second-order valence-electron chi connectivity index (χ2n) is 5.50. The zero-order valence-electron chi connectivity index (χ0n) is 13.4. The number of aryl methyl sites for hydroxylation is 2. The molecule has 0 saturated heterocycles. The van der Waals surface area contributed by atoms with E-state index in [2.05, 4.69) is 15.5 Å². The predicted molar refractivity (Wildman–Crippen MR) is 88.9 cm³/mol.